The highest BCUT2D eigenvalue weighted by molar-refractivity contribution is 6.17. The first-order chi connectivity index (χ1) is 19.0. The van der Waals surface area contributed by atoms with Gasteiger partial charge < -0.3 is 4.57 Å². The van der Waals surface area contributed by atoms with Gasteiger partial charge in [0.05, 0.1) is 11.2 Å². The monoisotopic (exact) mass is 499 g/mol. The summed E-state index contributed by atoms with van der Waals surface area (Å²) in [6, 6.07) is 34.4. The number of benzene rings is 5. The largest absolute Gasteiger partial charge is 0.312 e. The Morgan fingerprint density at radius 1 is 0.667 bits per heavy atom. The average molecular weight is 500 g/mol. The Morgan fingerprint density at radius 2 is 1.38 bits per heavy atom. The Kier molecular flexibility index (Phi) is 3.97. The van der Waals surface area contributed by atoms with E-state index < -0.39 is 0 Å². The van der Waals surface area contributed by atoms with E-state index in [4.69, 9.17) is 0 Å². The lowest BCUT2D eigenvalue weighted by Crippen LogP contribution is -2.14. The first-order valence-corrected chi connectivity index (χ1v) is 14.2. The maximum atomic E-state index is 2.60. The van der Waals surface area contributed by atoms with Crippen molar-refractivity contribution in [1.82, 2.24) is 4.57 Å². The second-order valence-electron chi connectivity index (χ2n) is 12.2. The topological polar surface area (TPSA) is 4.93 Å². The van der Waals surface area contributed by atoms with Gasteiger partial charge in [-0.15, -0.1) is 0 Å². The minimum atomic E-state index is -0.00541. The van der Waals surface area contributed by atoms with Gasteiger partial charge in [0.15, 0.2) is 0 Å². The van der Waals surface area contributed by atoms with Gasteiger partial charge in [-0.1, -0.05) is 106 Å². The molecule has 1 unspecified atom stereocenters. The fourth-order valence-corrected chi connectivity index (χ4v) is 7.84. The van der Waals surface area contributed by atoms with Crippen molar-refractivity contribution in [3.63, 3.8) is 0 Å². The van der Waals surface area contributed by atoms with Gasteiger partial charge in [0.2, 0.25) is 0 Å². The molecule has 1 aromatic heterocycles. The lowest BCUT2D eigenvalue weighted by Gasteiger charge is -2.21. The molecule has 1 nitrogen and oxygen atoms in total. The van der Waals surface area contributed by atoms with Gasteiger partial charge >= 0.3 is 0 Å². The third-order valence-electron chi connectivity index (χ3n) is 9.68. The first kappa shape index (κ1) is 21.6. The Morgan fingerprint density at radius 3 is 2.21 bits per heavy atom. The molecule has 5 aromatic carbocycles. The molecule has 0 N–H and O–H groups in total. The van der Waals surface area contributed by atoms with Crippen LogP contribution in [0.15, 0.2) is 97.1 Å². The van der Waals surface area contributed by atoms with Crippen molar-refractivity contribution < 1.29 is 0 Å². The third-order valence-corrected chi connectivity index (χ3v) is 9.68. The molecule has 0 saturated carbocycles. The van der Waals surface area contributed by atoms with Gasteiger partial charge in [-0.25, -0.2) is 0 Å². The van der Waals surface area contributed by atoms with Gasteiger partial charge in [0.1, 0.15) is 0 Å². The molecule has 0 aliphatic heterocycles. The van der Waals surface area contributed by atoms with Crippen molar-refractivity contribution in [2.24, 2.45) is 5.92 Å². The fraction of sp³-hybridized carbons (Fsp3) is 0.158. The standard InChI is InChI=1S/C38H29N/c1-22-15-16-26-31-20-33-30(25-11-6-7-14-32(25)38(33,2)3)21-36(31)39(35(26)19-22)34-18-17-28-24-10-5-4-9-23(24)27-12-8-13-29(34)37(27)28/h4-18,20-22H,19H2,1-3H3. The fourth-order valence-electron chi connectivity index (χ4n) is 7.84. The molecule has 1 atom stereocenters. The number of hydrogen-bond donors (Lipinski definition) is 0. The van der Waals surface area contributed by atoms with Crippen molar-refractivity contribution in [2.45, 2.75) is 32.6 Å². The van der Waals surface area contributed by atoms with Gasteiger partial charge in [-0.3, -0.25) is 0 Å². The number of rotatable bonds is 1. The molecular formula is C38H29N. The minimum absolute atomic E-state index is 0.00541. The number of allylic oxidation sites excluding steroid dienone is 1. The normalized spacial score (nSPS) is 17.4. The van der Waals surface area contributed by atoms with Crippen LogP contribution in [0.1, 0.15) is 43.2 Å². The minimum Gasteiger partial charge on any atom is -0.312 e. The lowest BCUT2D eigenvalue weighted by atomic mass is 9.82. The van der Waals surface area contributed by atoms with Crippen molar-refractivity contribution in [2.75, 3.05) is 0 Å². The zero-order chi connectivity index (χ0) is 26.0. The molecule has 1 heterocycles. The summed E-state index contributed by atoms with van der Waals surface area (Å²) in [6.45, 7) is 7.10. The van der Waals surface area contributed by atoms with Crippen LogP contribution in [0.5, 0.6) is 0 Å². The lowest BCUT2D eigenvalue weighted by molar-refractivity contribution is 0.661. The molecule has 0 amide bonds. The Labute approximate surface area is 229 Å². The zero-order valence-corrected chi connectivity index (χ0v) is 22.5. The average Bonchev–Trinajstić information content (AvgIpc) is 3.53. The summed E-state index contributed by atoms with van der Waals surface area (Å²) < 4.78 is 2.60. The van der Waals surface area contributed by atoms with E-state index in [1.165, 1.54) is 83.1 Å². The van der Waals surface area contributed by atoms with Crippen molar-refractivity contribution in [1.29, 1.82) is 0 Å². The summed E-state index contributed by atoms with van der Waals surface area (Å²) in [5.41, 5.74) is 16.5. The van der Waals surface area contributed by atoms with Crippen LogP contribution in [0.4, 0.5) is 0 Å². The molecule has 3 aliphatic rings. The smallest absolute Gasteiger partial charge is 0.0544 e. The Hall–Kier alpha value is -4.36. The van der Waals surface area contributed by atoms with E-state index in [9.17, 15) is 0 Å². The maximum Gasteiger partial charge on any atom is 0.0544 e. The van der Waals surface area contributed by atoms with Crippen LogP contribution < -0.4 is 0 Å². The summed E-state index contributed by atoms with van der Waals surface area (Å²) in [6.07, 6.45) is 5.83. The Balaban J connectivity index is 1.41. The molecule has 0 radical (unpaired) electrons. The summed E-state index contributed by atoms with van der Waals surface area (Å²) in [5.74, 6) is 0.519. The second kappa shape index (κ2) is 7.18. The molecule has 186 valence electrons. The summed E-state index contributed by atoms with van der Waals surface area (Å²) in [4.78, 5) is 0. The van der Waals surface area contributed by atoms with Crippen LogP contribution in [0, 0.1) is 5.92 Å². The van der Waals surface area contributed by atoms with E-state index in [0.29, 0.717) is 5.92 Å². The molecule has 9 rings (SSSR count). The molecular weight excluding hydrogens is 470 g/mol. The van der Waals surface area contributed by atoms with Gasteiger partial charge in [-0.05, 0) is 80.4 Å². The second-order valence-corrected chi connectivity index (χ2v) is 12.2. The van der Waals surface area contributed by atoms with Gasteiger partial charge in [0.25, 0.3) is 0 Å². The van der Waals surface area contributed by atoms with Gasteiger partial charge in [0, 0.05) is 27.4 Å². The van der Waals surface area contributed by atoms with Crippen LogP contribution in [0.2, 0.25) is 0 Å². The number of hydrogen-bond acceptors (Lipinski definition) is 0. The molecule has 0 spiro atoms. The number of aromatic nitrogens is 1. The van der Waals surface area contributed by atoms with Crippen LogP contribution >= 0.6 is 0 Å². The maximum absolute atomic E-state index is 2.60. The SMILES string of the molecule is CC1C=Cc2c(n(-c3ccc4c5c(cccc35)-c3ccccc3-4)c3cc4c(cc23)C(C)(C)c2ccccc2-4)C1. The van der Waals surface area contributed by atoms with Crippen molar-refractivity contribution >= 4 is 27.8 Å². The summed E-state index contributed by atoms with van der Waals surface area (Å²) in [7, 11) is 0. The highest BCUT2D eigenvalue weighted by Crippen LogP contribution is 2.52. The van der Waals surface area contributed by atoms with E-state index in [1.807, 2.05) is 0 Å². The van der Waals surface area contributed by atoms with E-state index in [0.717, 1.165) is 6.42 Å². The van der Waals surface area contributed by atoms with Crippen molar-refractivity contribution in [3.8, 4) is 39.1 Å². The molecule has 6 aromatic rings. The van der Waals surface area contributed by atoms with Crippen LogP contribution in [-0.4, -0.2) is 4.57 Å². The third kappa shape index (κ3) is 2.61. The molecule has 0 bridgehead atoms. The highest BCUT2D eigenvalue weighted by atomic mass is 15.0. The molecule has 1 heteroatoms. The quantitative estimate of drug-likeness (QED) is 0.212. The number of nitrogens with zero attached hydrogens (tertiary/aromatic N) is 1. The van der Waals surface area contributed by atoms with Crippen LogP contribution in [-0.2, 0) is 11.8 Å². The Bertz CT molecular complexity index is 2050. The number of fused-ring (bicyclic) bond motifs is 9. The van der Waals surface area contributed by atoms with Crippen molar-refractivity contribution in [3.05, 3.63) is 119 Å². The van der Waals surface area contributed by atoms with E-state index >= 15 is 0 Å². The molecule has 3 aliphatic carbocycles. The first-order valence-electron chi connectivity index (χ1n) is 14.2. The van der Waals surface area contributed by atoms with E-state index in [2.05, 4.69) is 128 Å². The van der Waals surface area contributed by atoms with E-state index in [1.54, 1.807) is 0 Å². The predicted molar refractivity (Wildman–Crippen MR) is 165 cm³/mol. The summed E-state index contributed by atoms with van der Waals surface area (Å²) >= 11 is 0. The zero-order valence-electron chi connectivity index (χ0n) is 22.5. The van der Waals surface area contributed by atoms with Crippen LogP contribution in [0.25, 0.3) is 66.8 Å². The van der Waals surface area contributed by atoms with Gasteiger partial charge in [-0.2, -0.15) is 0 Å². The van der Waals surface area contributed by atoms with E-state index in [-0.39, 0.29) is 5.41 Å². The predicted octanol–water partition coefficient (Wildman–Crippen LogP) is 9.94. The molecule has 39 heavy (non-hydrogen) atoms. The summed E-state index contributed by atoms with van der Waals surface area (Å²) in [5, 5.41) is 4.10. The highest BCUT2D eigenvalue weighted by Gasteiger charge is 2.37. The van der Waals surface area contributed by atoms with Crippen LogP contribution in [0.3, 0.4) is 0 Å². The molecule has 0 fully saturated rings. The molecule has 0 saturated heterocycles.